The first kappa shape index (κ1) is 13.5. The van der Waals surface area contributed by atoms with Gasteiger partial charge >= 0.3 is 5.97 Å². The van der Waals surface area contributed by atoms with Crippen molar-refractivity contribution in [3.8, 4) is 0 Å². The molecule has 0 aliphatic rings. The van der Waals surface area contributed by atoms with E-state index in [1.807, 2.05) is 36.4 Å². The number of hydrogen-bond donors (Lipinski definition) is 2. The number of hydrogen-bond acceptors (Lipinski definition) is 4. The summed E-state index contributed by atoms with van der Waals surface area (Å²) in [5.41, 5.74) is 0.728. The third kappa shape index (κ3) is 3.00. The van der Waals surface area contributed by atoms with Gasteiger partial charge in [-0.3, -0.25) is 4.98 Å². The van der Waals surface area contributed by atoms with Crippen LogP contribution in [0.2, 0.25) is 0 Å². The van der Waals surface area contributed by atoms with Crippen LogP contribution < -0.4 is 5.32 Å². The van der Waals surface area contributed by atoms with Crippen molar-refractivity contribution in [2.75, 3.05) is 5.32 Å². The van der Waals surface area contributed by atoms with Gasteiger partial charge in [-0.2, -0.15) is 0 Å². The Hall–Kier alpha value is -2.47. The van der Waals surface area contributed by atoms with E-state index in [-0.39, 0.29) is 5.69 Å². The molecule has 0 aliphatic carbocycles. The maximum atomic E-state index is 10.9. The zero-order valence-electron chi connectivity index (χ0n) is 10.7. The van der Waals surface area contributed by atoms with Gasteiger partial charge in [0.2, 0.25) is 0 Å². The van der Waals surface area contributed by atoms with Crippen molar-refractivity contribution in [1.82, 2.24) is 9.97 Å². The van der Waals surface area contributed by atoms with Crippen LogP contribution in [-0.2, 0) is 0 Å². The summed E-state index contributed by atoms with van der Waals surface area (Å²) in [6.45, 7) is 0. The molecule has 0 bridgehead atoms. The van der Waals surface area contributed by atoms with E-state index in [2.05, 4.69) is 31.2 Å². The molecule has 2 N–H and O–H groups in total. The fourth-order valence-corrected chi connectivity index (χ4v) is 2.35. The number of anilines is 2. The molecule has 0 aliphatic heterocycles. The van der Waals surface area contributed by atoms with E-state index in [0.29, 0.717) is 5.82 Å². The molecule has 0 radical (unpaired) electrons. The Bertz CT molecular complexity index is 836. The minimum absolute atomic E-state index is 0.0929. The summed E-state index contributed by atoms with van der Waals surface area (Å²) in [7, 11) is 0. The Morgan fingerprint density at radius 3 is 2.67 bits per heavy atom. The number of halogens is 1. The average Bonchev–Trinajstić information content (AvgIpc) is 2.48. The van der Waals surface area contributed by atoms with E-state index in [9.17, 15) is 4.79 Å². The summed E-state index contributed by atoms with van der Waals surface area (Å²) in [5.74, 6) is -0.708. The fraction of sp³-hybridized carbons (Fsp3) is 0. The molecule has 104 valence electrons. The van der Waals surface area contributed by atoms with E-state index < -0.39 is 5.97 Å². The molecule has 3 rings (SSSR count). The quantitative estimate of drug-likeness (QED) is 0.755. The number of carboxylic acids is 1. The Labute approximate surface area is 128 Å². The molecule has 0 unspecified atom stereocenters. The summed E-state index contributed by atoms with van der Waals surface area (Å²) in [6, 6.07) is 11.9. The van der Waals surface area contributed by atoms with Crippen LogP contribution in [-0.4, -0.2) is 21.0 Å². The number of carboxylic acid groups (broad SMARTS) is 1. The van der Waals surface area contributed by atoms with Gasteiger partial charge in [0, 0.05) is 10.2 Å². The predicted molar refractivity (Wildman–Crippen MR) is 83.9 cm³/mol. The Balaban J connectivity index is 1.92. The van der Waals surface area contributed by atoms with Crippen molar-refractivity contribution in [2.45, 2.75) is 0 Å². The highest BCUT2D eigenvalue weighted by Crippen LogP contribution is 2.24. The van der Waals surface area contributed by atoms with Gasteiger partial charge in [-0.05, 0) is 35.0 Å². The van der Waals surface area contributed by atoms with Gasteiger partial charge in [0.1, 0.15) is 5.82 Å². The maximum absolute atomic E-state index is 10.9. The highest BCUT2D eigenvalue weighted by atomic mass is 79.9. The molecular formula is C15H10BrN3O2. The van der Waals surface area contributed by atoms with Gasteiger partial charge in [-0.1, -0.05) is 28.1 Å². The van der Waals surface area contributed by atoms with Crippen LogP contribution >= 0.6 is 15.9 Å². The highest BCUT2D eigenvalue weighted by Gasteiger charge is 2.06. The van der Waals surface area contributed by atoms with E-state index in [1.165, 1.54) is 12.4 Å². The Kier molecular flexibility index (Phi) is 3.53. The fourth-order valence-electron chi connectivity index (χ4n) is 1.97. The average molecular weight is 344 g/mol. The zero-order chi connectivity index (χ0) is 14.8. The number of nitrogens with zero attached hydrogens (tertiary/aromatic N) is 2. The van der Waals surface area contributed by atoms with Crippen LogP contribution in [0.25, 0.3) is 10.8 Å². The second-order valence-corrected chi connectivity index (χ2v) is 5.34. The lowest BCUT2D eigenvalue weighted by molar-refractivity contribution is 0.0690. The number of nitrogens with one attached hydrogen (secondary N) is 1. The van der Waals surface area contributed by atoms with Gasteiger partial charge in [0.25, 0.3) is 0 Å². The molecule has 1 aromatic heterocycles. The second kappa shape index (κ2) is 5.49. The smallest absolute Gasteiger partial charge is 0.356 e. The van der Waals surface area contributed by atoms with Crippen molar-refractivity contribution in [3.63, 3.8) is 0 Å². The van der Waals surface area contributed by atoms with E-state index in [4.69, 9.17) is 5.11 Å². The third-order valence-corrected chi connectivity index (χ3v) is 3.42. The lowest BCUT2D eigenvalue weighted by Crippen LogP contribution is -2.03. The topological polar surface area (TPSA) is 75.1 Å². The first-order valence-electron chi connectivity index (χ1n) is 6.13. The first-order valence-corrected chi connectivity index (χ1v) is 6.93. The molecule has 3 aromatic rings. The standard InChI is InChI=1S/C15H10BrN3O2/c16-11-3-1-10-6-12(4-2-9(10)5-11)18-14-8-17-7-13(19-14)15(20)21/h1-8H,(H,18,19)(H,20,21). The van der Waals surface area contributed by atoms with Gasteiger partial charge in [-0.25, -0.2) is 9.78 Å². The van der Waals surface area contributed by atoms with Crippen molar-refractivity contribution < 1.29 is 9.90 Å². The minimum atomic E-state index is -1.10. The van der Waals surface area contributed by atoms with E-state index in [0.717, 1.165) is 20.9 Å². The normalized spacial score (nSPS) is 10.5. The molecule has 6 heteroatoms. The number of benzene rings is 2. The minimum Gasteiger partial charge on any atom is -0.476 e. The van der Waals surface area contributed by atoms with Crippen LogP contribution in [0.1, 0.15) is 10.5 Å². The number of carbonyl (C=O) groups is 1. The molecular weight excluding hydrogens is 334 g/mol. The first-order chi connectivity index (χ1) is 10.1. The molecule has 0 atom stereocenters. The van der Waals surface area contributed by atoms with E-state index in [1.54, 1.807) is 0 Å². The van der Waals surface area contributed by atoms with Gasteiger partial charge < -0.3 is 10.4 Å². The molecule has 21 heavy (non-hydrogen) atoms. The third-order valence-electron chi connectivity index (χ3n) is 2.93. The molecule has 0 amide bonds. The SMILES string of the molecule is O=C(O)c1cncc(Nc2ccc3cc(Br)ccc3c2)n1. The Morgan fingerprint density at radius 2 is 1.86 bits per heavy atom. The van der Waals surface area contributed by atoms with Crippen molar-refractivity contribution in [1.29, 1.82) is 0 Å². The summed E-state index contributed by atoms with van der Waals surface area (Å²) in [6.07, 6.45) is 2.70. The molecule has 1 heterocycles. The largest absolute Gasteiger partial charge is 0.476 e. The zero-order valence-corrected chi connectivity index (χ0v) is 12.3. The Morgan fingerprint density at radius 1 is 1.10 bits per heavy atom. The summed E-state index contributed by atoms with van der Waals surface area (Å²) in [4.78, 5) is 18.7. The van der Waals surface area contributed by atoms with Crippen LogP contribution in [0.3, 0.4) is 0 Å². The van der Waals surface area contributed by atoms with Crippen molar-refractivity contribution >= 4 is 44.2 Å². The van der Waals surface area contributed by atoms with Gasteiger partial charge in [-0.15, -0.1) is 0 Å². The summed E-state index contributed by atoms with van der Waals surface area (Å²) >= 11 is 3.44. The lowest BCUT2D eigenvalue weighted by Gasteiger charge is -2.07. The number of aromatic nitrogens is 2. The summed E-state index contributed by atoms with van der Waals surface area (Å²) < 4.78 is 1.02. The van der Waals surface area contributed by atoms with Crippen LogP contribution in [0.4, 0.5) is 11.5 Å². The van der Waals surface area contributed by atoms with Crippen molar-refractivity contribution in [3.05, 3.63) is 59.0 Å². The van der Waals surface area contributed by atoms with Gasteiger partial charge in [0.05, 0.1) is 12.4 Å². The maximum Gasteiger partial charge on any atom is 0.356 e. The number of rotatable bonds is 3. The molecule has 0 spiro atoms. The molecule has 0 saturated carbocycles. The molecule has 5 nitrogen and oxygen atoms in total. The monoisotopic (exact) mass is 343 g/mol. The molecule has 0 saturated heterocycles. The van der Waals surface area contributed by atoms with Crippen LogP contribution in [0.5, 0.6) is 0 Å². The van der Waals surface area contributed by atoms with Crippen LogP contribution in [0, 0.1) is 0 Å². The van der Waals surface area contributed by atoms with Gasteiger partial charge in [0.15, 0.2) is 5.69 Å². The lowest BCUT2D eigenvalue weighted by atomic mass is 10.1. The highest BCUT2D eigenvalue weighted by molar-refractivity contribution is 9.10. The number of fused-ring (bicyclic) bond motifs is 1. The van der Waals surface area contributed by atoms with E-state index >= 15 is 0 Å². The molecule has 2 aromatic carbocycles. The van der Waals surface area contributed by atoms with Crippen LogP contribution in [0.15, 0.2) is 53.3 Å². The molecule has 0 fully saturated rings. The van der Waals surface area contributed by atoms with Crippen molar-refractivity contribution in [2.24, 2.45) is 0 Å². The number of aromatic carboxylic acids is 1. The second-order valence-electron chi connectivity index (χ2n) is 4.43. The summed E-state index contributed by atoms with van der Waals surface area (Å²) in [5, 5.41) is 14.2. The predicted octanol–water partition coefficient (Wildman–Crippen LogP) is 3.83.